The van der Waals surface area contributed by atoms with E-state index in [2.05, 4.69) is 31.9 Å². The van der Waals surface area contributed by atoms with Crippen LogP contribution in [0.5, 0.6) is 11.5 Å². The predicted octanol–water partition coefficient (Wildman–Crippen LogP) is 5.21. The van der Waals surface area contributed by atoms with Gasteiger partial charge in [-0.3, -0.25) is 0 Å². The number of esters is 1. The monoisotopic (exact) mass is 464 g/mol. The number of hydrogen-bond donors (Lipinski definition) is 0. The fourth-order valence-corrected chi connectivity index (χ4v) is 4.04. The van der Waals surface area contributed by atoms with Crippen molar-refractivity contribution in [1.82, 2.24) is 0 Å². The van der Waals surface area contributed by atoms with Crippen molar-refractivity contribution in [1.29, 1.82) is 0 Å². The molecule has 128 valence electrons. The molecule has 0 saturated heterocycles. The smallest absolute Gasteiger partial charge is 0.336 e. The second-order valence-electron chi connectivity index (χ2n) is 5.23. The molecule has 1 aliphatic heterocycles. The zero-order valence-corrected chi connectivity index (χ0v) is 16.7. The van der Waals surface area contributed by atoms with Crippen LogP contribution in [-0.2, 0) is 9.53 Å². The average Bonchev–Trinajstić information content (AvgIpc) is 2.95. The molecule has 6 heteroatoms. The Hall–Kier alpha value is -2.05. The number of carbonyl (C=O) groups excluding carboxylic acids is 1. The third kappa shape index (κ3) is 3.80. The zero-order chi connectivity index (χ0) is 18.0. The van der Waals surface area contributed by atoms with Crippen molar-refractivity contribution in [2.75, 3.05) is 14.2 Å². The Kier molecular flexibility index (Phi) is 5.30. The molecule has 1 aliphatic rings. The summed E-state index contributed by atoms with van der Waals surface area (Å²) in [6, 6.07) is 11.3. The van der Waals surface area contributed by atoms with Crippen LogP contribution in [0.25, 0.3) is 11.6 Å². The number of carbonyl (C=O) groups is 1. The summed E-state index contributed by atoms with van der Waals surface area (Å²) in [4.78, 5) is 11.8. The van der Waals surface area contributed by atoms with Crippen molar-refractivity contribution in [3.8, 4) is 11.5 Å². The molecule has 25 heavy (non-hydrogen) atoms. The fourth-order valence-electron chi connectivity index (χ4n) is 2.49. The van der Waals surface area contributed by atoms with E-state index >= 15 is 0 Å². The minimum atomic E-state index is -0.385. The molecule has 1 heterocycles. The van der Waals surface area contributed by atoms with Gasteiger partial charge in [0, 0.05) is 11.6 Å². The van der Waals surface area contributed by atoms with E-state index < -0.39 is 0 Å². The first kappa shape index (κ1) is 17.8. The first-order valence-corrected chi connectivity index (χ1v) is 8.93. The molecule has 0 aromatic heterocycles. The van der Waals surface area contributed by atoms with E-state index in [9.17, 15) is 4.79 Å². The van der Waals surface area contributed by atoms with Gasteiger partial charge in [0.25, 0.3) is 0 Å². The first-order valence-electron chi connectivity index (χ1n) is 7.35. The number of halogens is 2. The predicted molar refractivity (Wildman–Crippen MR) is 103 cm³/mol. The summed E-state index contributed by atoms with van der Waals surface area (Å²) in [7, 11) is 3.22. The molecule has 3 rings (SSSR count). The van der Waals surface area contributed by atoms with Gasteiger partial charge < -0.3 is 14.2 Å². The summed E-state index contributed by atoms with van der Waals surface area (Å²) in [6.45, 7) is 0. The minimum Gasteiger partial charge on any atom is -0.497 e. The van der Waals surface area contributed by atoms with Crippen LogP contribution >= 0.6 is 31.9 Å². The van der Waals surface area contributed by atoms with Crippen molar-refractivity contribution in [2.45, 2.75) is 0 Å². The molecule has 0 aliphatic carbocycles. The standard InChI is InChI=1S/C19H14Br2O4/c1-23-13-5-3-12(4-6-13)14-10-18(22)25-17(14)9-11-7-15(20)19(24-2)16(21)8-11/h3-10H,1-2H3/b17-9-. The van der Waals surface area contributed by atoms with E-state index in [0.717, 1.165) is 31.4 Å². The normalized spacial score (nSPS) is 15.1. The molecule has 0 amide bonds. The van der Waals surface area contributed by atoms with Gasteiger partial charge in [-0.15, -0.1) is 0 Å². The van der Waals surface area contributed by atoms with Gasteiger partial charge in [-0.2, -0.15) is 0 Å². The van der Waals surface area contributed by atoms with E-state index in [4.69, 9.17) is 14.2 Å². The van der Waals surface area contributed by atoms with Gasteiger partial charge in [0.1, 0.15) is 17.3 Å². The van der Waals surface area contributed by atoms with Gasteiger partial charge in [-0.25, -0.2) is 4.79 Å². The van der Waals surface area contributed by atoms with Gasteiger partial charge in [0.2, 0.25) is 0 Å². The van der Waals surface area contributed by atoms with E-state index in [-0.39, 0.29) is 5.97 Å². The van der Waals surface area contributed by atoms with Crippen LogP contribution in [0.1, 0.15) is 11.1 Å². The van der Waals surface area contributed by atoms with Gasteiger partial charge in [-0.05, 0) is 73.3 Å². The molecule has 0 spiro atoms. The van der Waals surface area contributed by atoms with Crippen molar-refractivity contribution >= 4 is 49.5 Å². The van der Waals surface area contributed by atoms with Crippen LogP contribution in [0.2, 0.25) is 0 Å². The van der Waals surface area contributed by atoms with E-state index in [1.807, 2.05) is 42.5 Å². The highest BCUT2D eigenvalue weighted by Crippen LogP contribution is 2.37. The number of methoxy groups -OCH3 is 2. The lowest BCUT2D eigenvalue weighted by Gasteiger charge is -2.09. The summed E-state index contributed by atoms with van der Waals surface area (Å²) in [5.41, 5.74) is 2.48. The van der Waals surface area contributed by atoms with Gasteiger partial charge >= 0.3 is 5.97 Å². The molecular formula is C19H14Br2O4. The Morgan fingerprint density at radius 2 is 1.64 bits per heavy atom. The highest BCUT2D eigenvalue weighted by atomic mass is 79.9. The summed E-state index contributed by atoms with van der Waals surface area (Å²) >= 11 is 6.95. The number of cyclic esters (lactones) is 1. The lowest BCUT2D eigenvalue weighted by Crippen LogP contribution is -1.93. The lowest BCUT2D eigenvalue weighted by molar-refractivity contribution is -0.132. The lowest BCUT2D eigenvalue weighted by atomic mass is 10.0. The minimum absolute atomic E-state index is 0.385. The van der Waals surface area contributed by atoms with Crippen LogP contribution in [-0.4, -0.2) is 20.2 Å². The molecule has 2 aromatic carbocycles. The van der Waals surface area contributed by atoms with E-state index in [1.54, 1.807) is 14.2 Å². The Balaban J connectivity index is 1.99. The molecule has 0 N–H and O–H groups in total. The van der Waals surface area contributed by atoms with Gasteiger partial charge in [0.15, 0.2) is 0 Å². The number of ether oxygens (including phenoxy) is 3. The van der Waals surface area contributed by atoms with Crippen molar-refractivity contribution < 1.29 is 19.0 Å². The summed E-state index contributed by atoms with van der Waals surface area (Å²) in [6.07, 6.45) is 3.30. The molecule has 0 atom stereocenters. The van der Waals surface area contributed by atoms with Crippen LogP contribution in [0.3, 0.4) is 0 Å². The van der Waals surface area contributed by atoms with Gasteiger partial charge in [0.05, 0.1) is 23.2 Å². The maximum absolute atomic E-state index is 11.8. The van der Waals surface area contributed by atoms with Crippen molar-refractivity contribution in [3.05, 3.63) is 68.3 Å². The SMILES string of the molecule is COc1ccc(C2=CC(=O)O/C2=C\c2cc(Br)c(OC)c(Br)c2)cc1. The zero-order valence-electron chi connectivity index (χ0n) is 13.5. The number of rotatable bonds is 4. The third-order valence-corrected chi connectivity index (χ3v) is 4.84. The molecule has 2 aromatic rings. The van der Waals surface area contributed by atoms with Crippen LogP contribution < -0.4 is 9.47 Å². The second-order valence-corrected chi connectivity index (χ2v) is 6.94. The van der Waals surface area contributed by atoms with Crippen LogP contribution in [0, 0.1) is 0 Å². The molecule has 0 unspecified atom stereocenters. The molecule has 4 nitrogen and oxygen atoms in total. The largest absolute Gasteiger partial charge is 0.497 e. The number of benzene rings is 2. The first-order chi connectivity index (χ1) is 12.0. The van der Waals surface area contributed by atoms with Crippen LogP contribution in [0.4, 0.5) is 0 Å². The third-order valence-electron chi connectivity index (χ3n) is 3.66. The van der Waals surface area contributed by atoms with Crippen molar-refractivity contribution in [2.24, 2.45) is 0 Å². The average molecular weight is 466 g/mol. The summed E-state index contributed by atoms with van der Waals surface area (Å²) in [5, 5.41) is 0. The maximum atomic E-state index is 11.8. The molecular weight excluding hydrogens is 452 g/mol. The fraction of sp³-hybridized carbons (Fsp3) is 0.105. The topological polar surface area (TPSA) is 44.8 Å². The molecule has 0 radical (unpaired) electrons. The van der Waals surface area contributed by atoms with Crippen LogP contribution in [0.15, 0.2) is 57.2 Å². The molecule has 0 bridgehead atoms. The quantitative estimate of drug-likeness (QED) is 0.581. The Morgan fingerprint density at radius 1 is 1.00 bits per heavy atom. The highest BCUT2D eigenvalue weighted by Gasteiger charge is 2.22. The summed E-state index contributed by atoms with van der Waals surface area (Å²) < 4.78 is 17.4. The Labute approximate surface area is 162 Å². The van der Waals surface area contributed by atoms with E-state index in [0.29, 0.717) is 11.5 Å². The second kappa shape index (κ2) is 7.45. The number of hydrogen-bond acceptors (Lipinski definition) is 4. The Morgan fingerprint density at radius 3 is 2.20 bits per heavy atom. The highest BCUT2D eigenvalue weighted by molar-refractivity contribution is 9.11. The number of allylic oxidation sites excluding steroid dienone is 1. The van der Waals surface area contributed by atoms with Crippen molar-refractivity contribution in [3.63, 3.8) is 0 Å². The molecule has 0 saturated carbocycles. The Bertz CT molecular complexity index is 860. The molecule has 0 fully saturated rings. The summed E-state index contributed by atoms with van der Waals surface area (Å²) in [5.74, 6) is 1.57. The van der Waals surface area contributed by atoms with Gasteiger partial charge in [-0.1, -0.05) is 12.1 Å². The van der Waals surface area contributed by atoms with E-state index in [1.165, 1.54) is 6.08 Å². The maximum Gasteiger partial charge on any atom is 0.336 e.